The van der Waals surface area contributed by atoms with Gasteiger partial charge >= 0.3 is 11.9 Å². The Morgan fingerprint density at radius 2 is 1.47 bits per heavy atom. The SMILES string of the molecule is CCCCCCCCCc1ccc(CN(C)CC#CCC(C)(C(=O)O)C(=O)O)c(F)c1F. The minimum absolute atomic E-state index is 0.129. The third-order valence-corrected chi connectivity index (χ3v) is 5.59. The number of carboxylic acid groups (broad SMARTS) is 2. The van der Waals surface area contributed by atoms with E-state index in [1.54, 1.807) is 24.1 Å². The minimum atomic E-state index is -1.98. The highest BCUT2D eigenvalue weighted by Crippen LogP contribution is 2.22. The second kappa shape index (κ2) is 13.8. The Labute approximate surface area is 189 Å². The van der Waals surface area contributed by atoms with Crippen LogP contribution in [0.5, 0.6) is 0 Å². The molecule has 32 heavy (non-hydrogen) atoms. The predicted molar refractivity (Wildman–Crippen MR) is 120 cm³/mol. The second-order valence-corrected chi connectivity index (χ2v) is 8.53. The van der Waals surface area contributed by atoms with Crippen LogP contribution in [0.2, 0.25) is 0 Å². The summed E-state index contributed by atoms with van der Waals surface area (Å²) in [5.41, 5.74) is -1.37. The van der Waals surface area contributed by atoms with E-state index in [-0.39, 0.29) is 25.1 Å². The summed E-state index contributed by atoms with van der Waals surface area (Å²) < 4.78 is 28.9. The lowest BCUT2D eigenvalue weighted by Gasteiger charge is -2.16. The molecule has 5 nitrogen and oxygen atoms in total. The number of carboxylic acids is 2. The van der Waals surface area contributed by atoms with Crippen molar-refractivity contribution in [1.82, 2.24) is 4.90 Å². The largest absolute Gasteiger partial charge is 0.480 e. The van der Waals surface area contributed by atoms with E-state index in [1.165, 1.54) is 25.7 Å². The van der Waals surface area contributed by atoms with E-state index in [4.69, 9.17) is 10.2 Å². The number of rotatable bonds is 14. The number of aliphatic carboxylic acids is 2. The van der Waals surface area contributed by atoms with Gasteiger partial charge in [0.1, 0.15) is 0 Å². The molecule has 0 spiro atoms. The maximum atomic E-state index is 14.5. The lowest BCUT2D eigenvalue weighted by Crippen LogP contribution is -2.35. The maximum absolute atomic E-state index is 14.5. The van der Waals surface area contributed by atoms with Crippen molar-refractivity contribution in [2.75, 3.05) is 13.6 Å². The first-order valence-electron chi connectivity index (χ1n) is 11.2. The van der Waals surface area contributed by atoms with E-state index in [9.17, 15) is 18.4 Å². The van der Waals surface area contributed by atoms with Crippen LogP contribution in [0.3, 0.4) is 0 Å². The Morgan fingerprint density at radius 1 is 0.938 bits per heavy atom. The Balaban J connectivity index is 2.57. The van der Waals surface area contributed by atoms with Gasteiger partial charge in [-0.1, -0.05) is 63.5 Å². The fraction of sp³-hybridized carbons (Fsp3) is 0.600. The molecule has 0 saturated carbocycles. The average molecular weight is 452 g/mol. The molecule has 0 aliphatic heterocycles. The van der Waals surface area contributed by atoms with Crippen LogP contribution >= 0.6 is 0 Å². The third kappa shape index (κ3) is 8.58. The average Bonchev–Trinajstić information content (AvgIpc) is 2.74. The summed E-state index contributed by atoms with van der Waals surface area (Å²) in [7, 11) is 1.67. The van der Waals surface area contributed by atoms with Crippen LogP contribution in [0.25, 0.3) is 0 Å². The fourth-order valence-corrected chi connectivity index (χ4v) is 3.24. The molecule has 0 aliphatic rings. The Hall–Kier alpha value is -2.46. The van der Waals surface area contributed by atoms with Crippen molar-refractivity contribution in [3.05, 3.63) is 34.9 Å². The molecule has 0 fully saturated rings. The summed E-state index contributed by atoms with van der Waals surface area (Å²) in [5, 5.41) is 18.1. The van der Waals surface area contributed by atoms with Gasteiger partial charge in [0, 0.05) is 18.5 Å². The van der Waals surface area contributed by atoms with Gasteiger partial charge in [-0.3, -0.25) is 14.5 Å². The fourth-order valence-electron chi connectivity index (χ4n) is 3.24. The minimum Gasteiger partial charge on any atom is -0.480 e. The zero-order chi connectivity index (χ0) is 24.1. The van der Waals surface area contributed by atoms with Gasteiger partial charge in [0.05, 0.1) is 6.54 Å². The number of unbranched alkanes of at least 4 members (excludes halogenated alkanes) is 6. The van der Waals surface area contributed by atoms with Crippen LogP contribution in [0, 0.1) is 28.9 Å². The zero-order valence-electron chi connectivity index (χ0n) is 19.3. The first-order chi connectivity index (χ1) is 15.1. The van der Waals surface area contributed by atoms with Crippen LogP contribution < -0.4 is 0 Å². The highest BCUT2D eigenvalue weighted by Gasteiger charge is 2.40. The van der Waals surface area contributed by atoms with E-state index < -0.39 is 29.0 Å². The molecule has 1 rings (SSSR count). The number of halogens is 2. The molecule has 0 amide bonds. The Kier molecular flexibility index (Phi) is 11.9. The Bertz CT molecular complexity index is 815. The standard InChI is InChI=1S/C25H35F2NO4/c1-4-5-6-7-8-9-10-13-19-14-15-20(22(27)21(19)26)18-28(3)17-12-11-16-25(2,23(29)30)24(31)32/h14-15H,4-10,13,16-18H2,1-3H3,(H,29,30)(H,31,32). The van der Waals surface area contributed by atoms with Crippen LogP contribution in [0.4, 0.5) is 8.78 Å². The van der Waals surface area contributed by atoms with Crippen LogP contribution in [0.1, 0.15) is 76.3 Å². The molecular formula is C25H35F2NO4. The molecule has 0 bridgehead atoms. The normalized spacial score (nSPS) is 11.3. The van der Waals surface area contributed by atoms with Gasteiger partial charge in [0.25, 0.3) is 0 Å². The highest BCUT2D eigenvalue weighted by atomic mass is 19.2. The van der Waals surface area contributed by atoms with Gasteiger partial charge < -0.3 is 10.2 Å². The monoisotopic (exact) mass is 451 g/mol. The van der Waals surface area contributed by atoms with E-state index in [0.717, 1.165) is 26.2 Å². The molecule has 178 valence electrons. The summed E-state index contributed by atoms with van der Waals surface area (Å²) in [6.45, 7) is 3.56. The summed E-state index contributed by atoms with van der Waals surface area (Å²) in [6.07, 6.45) is 7.99. The van der Waals surface area contributed by atoms with Gasteiger partial charge in [0.15, 0.2) is 17.0 Å². The number of aryl methyl sites for hydroxylation is 1. The second-order valence-electron chi connectivity index (χ2n) is 8.53. The predicted octanol–water partition coefficient (Wildman–Crippen LogP) is 5.26. The topological polar surface area (TPSA) is 77.8 Å². The van der Waals surface area contributed by atoms with Crippen molar-refractivity contribution in [1.29, 1.82) is 0 Å². The van der Waals surface area contributed by atoms with Crippen molar-refractivity contribution >= 4 is 11.9 Å². The van der Waals surface area contributed by atoms with Crippen LogP contribution in [-0.2, 0) is 22.6 Å². The molecule has 0 aromatic heterocycles. The van der Waals surface area contributed by atoms with Crippen LogP contribution in [-0.4, -0.2) is 40.6 Å². The smallest absolute Gasteiger partial charge is 0.321 e. The number of hydrogen-bond donors (Lipinski definition) is 2. The summed E-state index contributed by atoms with van der Waals surface area (Å²) in [6, 6.07) is 3.22. The molecule has 0 saturated heterocycles. The van der Waals surface area contributed by atoms with Gasteiger partial charge in [-0.05, 0) is 32.4 Å². The van der Waals surface area contributed by atoms with E-state index in [2.05, 4.69) is 18.8 Å². The van der Waals surface area contributed by atoms with Crippen molar-refractivity contribution < 1.29 is 28.6 Å². The molecule has 1 aromatic carbocycles. The molecule has 0 radical (unpaired) electrons. The molecule has 0 aliphatic carbocycles. The first kappa shape index (κ1) is 27.6. The number of hydrogen-bond acceptors (Lipinski definition) is 3. The quantitative estimate of drug-likeness (QED) is 0.229. The van der Waals surface area contributed by atoms with Gasteiger partial charge in [0.2, 0.25) is 0 Å². The maximum Gasteiger partial charge on any atom is 0.321 e. The summed E-state index contributed by atoms with van der Waals surface area (Å²) in [4.78, 5) is 23.9. The number of benzene rings is 1. The molecular weight excluding hydrogens is 416 g/mol. The van der Waals surface area contributed by atoms with Crippen molar-refractivity contribution in [3.63, 3.8) is 0 Å². The molecule has 0 atom stereocenters. The zero-order valence-corrected chi connectivity index (χ0v) is 19.3. The van der Waals surface area contributed by atoms with Crippen molar-refractivity contribution in [3.8, 4) is 11.8 Å². The van der Waals surface area contributed by atoms with Crippen molar-refractivity contribution in [2.45, 2.75) is 78.2 Å². The summed E-state index contributed by atoms with van der Waals surface area (Å²) in [5.74, 6) is 0.701. The first-order valence-corrected chi connectivity index (χ1v) is 11.2. The molecule has 2 N–H and O–H groups in total. The molecule has 0 heterocycles. The van der Waals surface area contributed by atoms with E-state index >= 15 is 0 Å². The molecule has 7 heteroatoms. The van der Waals surface area contributed by atoms with Crippen molar-refractivity contribution in [2.24, 2.45) is 5.41 Å². The highest BCUT2D eigenvalue weighted by molar-refractivity contribution is 5.98. The van der Waals surface area contributed by atoms with Gasteiger partial charge in [-0.2, -0.15) is 0 Å². The number of nitrogens with zero attached hydrogens (tertiary/aromatic N) is 1. The lowest BCUT2D eigenvalue weighted by atomic mass is 9.87. The third-order valence-electron chi connectivity index (χ3n) is 5.59. The van der Waals surface area contributed by atoms with E-state index in [1.807, 2.05) is 0 Å². The Morgan fingerprint density at radius 3 is 2.06 bits per heavy atom. The number of carbonyl (C=O) groups is 2. The van der Waals surface area contributed by atoms with Gasteiger partial charge in [-0.25, -0.2) is 8.78 Å². The van der Waals surface area contributed by atoms with Crippen LogP contribution in [0.15, 0.2) is 12.1 Å². The molecule has 1 aromatic rings. The summed E-state index contributed by atoms with van der Waals surface area (Å²) >= 11 is 0. The van der Waals surface area contributed by atoms with Gasteiger partial charge in [-0.15, -0.1) is 5.92 Å². The lowest BCUT2D eigenvalue weighted by molar-refractivity contribution is -0.162. The molecule has 0 unspecified atom stereocenters. The van der Waals surface area contributed by atoms with E-state index in [0.29, 0.717) is 12.0 Å².